The van der Waals surface area contributed by atoms with Gasteiger partial charge in [0.1, 0.15) is 0 Å². The molecule has 26 heavy (non-hydrogen) atoms. The monoisotopic (exact) mass is 338 g/mol. The number of carbonyl (C=O) groups excluding carboxylic acids is 1. The van der Waals surface area contributed by atoms with Gasteiger partial charge in [-0.2, -0.15) is 0 Å². The van der Waals surface area contributed by atoms with E-state index in [9.17, 15) is 4.79 Å². The van der Waals surface area contributed by atoms with Gasteiger partial charge in [-0.25, -0.2) is 0 Å². The number of aromatic nitrogens is 1. The Labute approximate surface area is 151 Å². The lowest BCUT2D eigenvalue weighted by molar-refractivity contribution is 0.0993. The number of aryl methyl sites for hydroxylation is 1. The third-order valence-electron chi connectivity index (χ3n) is 5.19. The normalized spacial score (nSPS) is 16.3. The molecule has 1 aliphatic heterocycles. The summed E-state index contributed by atoms with van der Waals surface area (Å²) >= 11 is 0. The van der Waals surface area contributed by atoms with Crippen molar-refractivity contribution in [1.29, 1.82) is 0 Å². The summed E-state index contributed by atoms with van der Waals surface area (Å²) < 4.78 is 0. The Morgan fingerprint density at radius 1 is 0.846 bits per heavy atom. The van der Waals surface area contributed by atoms with Crippen molar-refractivity contribution in [3.8, 4) is 0 Å². The quantitative estimate of drug-likeness (QED) is 0.534. The lowest BCUT2D eigenvalue weighted by atomic mass is 9.97. The smallest absolute Gasteiger partial charge is 0.259 e. The fourth-order valence-electron chi connectivity index (χ4n) is 3.91. The maximum Gasteiger partial charge on any atom is 0.259 e. The molecule has 1 atom stereocenters. The fourth-order valence-corrected chi connectivity index (χ4v) is 3.91. The van der Waals surface area contributed by atoms with Gasteiger partial charge in [-0.15, -0.1) is 0 Å². The van der Waals surface area contributed by atoms with Gasteiger partial charge in [0.2, 0.25) is 0 Å². The summed E-state index contributed by atoms with van der Waals surface area (Å²) in [4.78, 5) is 18.5. The third-order valence-corrected chi connectivity index (χ3v) is 5.19. The van der Waals surface area contributed by atoms with E-state index in [4.69, 9.17) is 0 Å². The Balaban J connectivity index is 1.75. The van der Waals surface area contributed by atoms with Gasteiger partial charge < -0.3 is 4.98 Å². The maximum absolute atomic E-state index is 13.2. The van der Waals surface area contributed by atoms with E-state index in [1.807, 2.05) is 53.6 Å². The number of fused-ring (bicyclic) bond motifs is 2. The Bertz CT molecular complexity index is 1120. The van der Waals surface area contributed by atoms with Crippen LogP contribution in [0.15, 0.2) is 79.0 Å². The van der Waals surface area contributed by atoms with Crippen LogP contribution in [0, 0.1) is 6.92 Å². The second-order valence-corrected chi connectivity index (χ2v) is 6.79. The van der Waals surface area contributed by atoms with Crippen LogP contribution in [0.5, 0.6) is 0 Å². The van der Waals surface area contributed by atoms with Crippen molar-refractivity contribution in [2.45, 2.75) is 13.0 Å². The number of hydrogen-bond donors (Lipinski definition) is 1. The first-order valence-corrected chi connectivity index (χ1v) is 8.79. The highest BCUT2D eigenvalue weighted by molar-refractivity contribution is 6.12. The zero-order chi connectivity index (χ0) is 17.7. The summed E-state index contributed by atoms with van der Waals surface area (Å²) in [5.74, 6) is 0.0553. The predicted octanol–water partition coefficient (Wildman–Crippen LogP) is 5.23. The number of carbonyl (C=O) groups is 1. The Morgan fingerprint density at radius 2 is 1.58 bits per heavy atom. The second-order valence-electron chi connectivity index (χ2n) is 6.79. The molecule has 0 spiro atoms. The molecule has 5 rings (SSSR count). The van der Waals surface area contributed by atoms with Crippen LogP contribution in [-0.2, 0) is 0 Å². The Hall–Kier alpha value is -3.33. The van der Waals surface area contributed by atoms with E-state index in [1.54, 1.807) is 0 Å². The number of nitrogens with one attached hydrogen (secondary N) is 1. The van der Waals surface area contributed by atoms with Gasteiger partial charge in [-0.05, 0) is 36.8 Å². The number of amides is 1. The molecule has 126 valence electrons. The number of nitrogens with zero attached hydrogens (tertiary/aromatic N) is 1. The molecule has 2 heterocycles. The highest BCUT2D eigenvalue weighted by Crippen LogP contribution is 2.43. The van der Waals surface area contributed by atoms with Gasteiger partial charge in [-0.3, -0.25) is 9.69 Å². The molecule has 3 heteroatoms. The molecule has 1 aromatic heterocycles. The van der Waals surface area contributed by atoms with Gasteiger partial charge in [0.05, 0.1) is 6.04 Å². The van der Waals surface area contributed by atoms with Crippen LogP contribution in [0.1, 0.15) is 33.1 Å². The molecule has 4 aromatic rings. The standard InChI is InChI=1S/C23H18N2O/c1-15-10-12-16(13-11-15)25-22(18-7-2-3-8-19(18)23(25)26)20-14-24-21-9-5-4-6-17(20)21/h2-14,22,24H,1H3. The molecule has 3 nitrogen and oxygen atoms in total. The van der Waals surface area contributed by atoms with Crippen molar-refractivity contribution in [3.63, 3.8) is 0 Å². The molecular formula is C23H18N2O. The number of rotatable bonds is 2. The van der Waals surface area contributed by atoms with Crippen LogP contribution < -0.4 is 4.90 Å². The molecule has 1 unspecified atom stereocenters. The van der Waals surface area contributed by atoms with Crippen molar-refractivity contribution in [2.75, 3.05) is 4.90 Å². The van der Waals surface area contributed by atoms with Crippen LogP contribution in [-0.4, -0.2) is 10.9 Å². The molecule has 0 saturated heterocycles. The molecule has 0 aliphatic carbocycles. The molecule has 0 fully saturated rings. The van der Waals surface area contributed by atoms with Crippen molar-refractivity contribution in [2.24, 2.45) is 0 Å². The van der Waals surface area contributed by atoms with Gasteiger partial charge in [0.15, 0.2) is 0 Å². The lowest BCUT2D eigenvalue weighted by Crippen LogP contribution is -2.28. The van der Waals surface area contributed by atoms with Crippen molar-refractivity contribution in [1.82, 2.24) is 4.98 Å². The van der Waals surface area contributed by atoms with E-state index in [-0.39, 0.29) is 11.9 Å². The molecule has 3 aromatic carbocycles. The first-order chi connectivity index (χ1) is 12.7. The van der Waals surface area contributed by atoms with Crippen molar-refractivity contribution >= 4 is 22.5 Å². The maximum atomic E-state index is 13.2. The van der Waals surface area contributed by atoms with E-state index in [0.717, 1.165) is 33.3 Å². The summed E-state index contributed by atoms with van der Waals surface area (Å²) in [5.41, 5.74) is 6.16. The van der Waals surface area contributed by atoms with Crippen LogP contribution >= 0.6 is 0 Å². The number of anilines is 1. The predicted molar refractivity (Wildman–Crippen MR) is 105 cm³/mol. The first-order valence-electron chi connectivity index (χ1n) is 8.79. The van der Waals surface area contributed by atoms with Gasteiger partial charge in [0.25, 0.3) is 5.91 Å². The van der Waals surface area contributed by atoms with E-state index in [1.165, 1.54) is 5.56 Å². The molecular weight excluding hydrogens is 320 g/mol. The fraction of sp³-hybridized carbons (Fsp3) is 0.0870. The molecule has 1 amide bonds. The Kier molecular flexibility index (Phi) is 3.22. The van der Waals surface area contributed by atoms with Crippen molar-refractivity contribution in [3.05, 3.63) is 101 Å². The SMILES string of the molecule is Cc1ccc(N2C(=O)c3ccccc3C2c2c[nH]c3ccccc23)cc1. The lowest BCUT2D eigenvalue weighted by Gasteiger charge is -2.25. The Morgan fingerprint density at radius 3 is 2.42 bits per heavy atom. The molecule has 0 saturated carbocycles. The first kappa shape index (κ1) is 15.0. The number of aromatic amines is 1. The van der Waals surface area contributed by atoms with Crippen LogP contribution in [0.4, 0.5) is 5.69 Å². The van der Waals surface area contributed by atoms with Crippen LogP contribution in [0.25, 0.3) is 10.9 Å². The van der Waals surface area contributed by atoms with Crippen molar-refractivity contribution < 1.29 is 4.79 Å². The highest BCUT2D eigenvalue weighted by atomic mass is 16.2. The molecule has 1 aliphatic rings. The van der Waals surface area contributed by atoms with Gasteiger partial charge in [0, 0.05) is 33.9 Å². The van der Waals surface area contributed by atoms with E-state index in [2.05, 4.69) is 42.2 Å². The zero-order valence-electron chi connectivity index (χ0n) is 14.4. The topological polar surface area (TPSA) is 36.1 Å². The third kappa shape index (κ3) is 2.10. The minimum Gasteiger partial charge on any atom is -0.361 e. The van der Waals surface area contributed by atoms with Crippen LogP contribution in [0.2, 0.25) is 0 Å². The summed E-state index contributed by atoms with van der Waals surface area (Å²) in [7, 11) is 0. The largest absolute Gasteiger partial charge is 0.361 e. The summed E-state index contributed by atoms with van der Waals surface area (Å²) in [5, 5.41) is 1.15. The van der Waals surface area contributed by atoms with E-state index >= 15 is 0 Å². The number of H-pyrrole nitrogens is 1. The molecule has 1 N–H and O–H groups in total. The zero-order valence-corrected chi connectivity index (χ0v) is 14.4. The second kappa shape index (κ2) is 5.60. The number of benzene rings is 3. The summed E-state index contributed by atoms with van der Waals surface area (Å²) in [6.45, 7) is 2.06. The average molecular weight is 338 g/mol. The molecule has 0 radical (unpaired) electrons. The minimum absolute atomic E-state index is 0.0553. The van der Waals surface area contributed by atoms with Crippen LogP contribution in [0.3, 0.4) is 0 Å². The summed E-state index contributed by atoms with van der Waals surface area (Å²) in [6, 6.07) is 24.2. The molecule has 0 bridgehead atoms. The van der Waals surface area contributed by atoms with E-state index in [0.29, 0.717) is 0 Å². The number of hydrogen-bond acceptors (Lipinski definition) is 1. The van der Waals surface area contributed by atoms with Gasteiger partial charge >= 0.3 is 0 Å². The highest BCUT2D eigenvalue weighted by Gasteiger charge is 2.39. The van der Waals surface area contributed by atoms with E-state index < -0.39 is 0 Å². The average Bonchev–Trinajstić information content (AvgIpc) is 3.22. The number of para-hydroxylation sites is 1. The summed E-state index contributed by atoms with van der Waals surface area (Å²) in [6.07, 6.45) is 2.03. The van der Waals surface area contributed by atoms with Gasteiger partial charge in [-0.1, -0.05) is 54.1 Å². The minimum atomic E-state index is -0.127.